The van der Waals surface area contributed by atoms with Crippen molar-refractivity contribution in [2.24, 2.45) is 0 Å². The number of benzene rings is 1. The molecule has 1 aliphatic heterocycles. The topological polar surface area (TPSA) is 58.4 Å². The van der Waals surface area contributed by atoms with Gasteiger partial charge in [-0.05, 0) is 32.0 Å². The average Bonchev–Trinajstić information content (AvgIpc) is 3.04. The van der Waals surface area contributed by atoms with E-state index >= 15 is 0 Å². The molecule has 22 heavy (non-hydrogen) atoms. The van der Waals surface area contributed by atoms with Crippen molar-refractivity contribution in [3.8, 4) is 11.3 Å². The maximum Gasteiger partial charge on any atom is 0.276 e. The van der Waals surface area contributed by atoms with E-state index in [4.69, 9.17) is 16.0 Å². The molecule has 3 rings (SSSR count). The van der Waals surface area contributed by atoms with Gasteiger partial charge in [0.25, 0.3) is 5.91 Å². The Morgan fingerprint density at radius 2 is 2.27 bits per heavy atom. The van der Waals surface area contributed by atoms with Crippen molar-refractivity contribution in [3.05, 3.63) is 41.4 Å². The van der Waals surface area contributed by atoms with Gasteiger partial charge in [0.1, 0.15) is 0 Å². The Morgan fingerprint density at radius 1 is 1.45 bits per heavy atom. The van der Waals surface area contributed by atoms with Crippen molar-refractivity contribution in [1.29, 1.82) is 0 Å². The summed E-state index contributed by atoms with van der Waals surface area (Å²) in [5.74, 6) is 0.325. The molecule has 1 aliphatic rings. The van der Waals surface area contributed by atoms with Crippen LogP contribution in [0.3, 0.4) is 0 Å². The molecule has 1 amide bonds. The molecule has 2 heterocycles. The number of aromatic nitrogens is 1. The van der Waals surface area contributed by atoms with E-state index in [1.54, 1.807) is 6.07 Å². The molecule has 1 N–H and O–H groups in total. The van der Waals surface area contributed by atoms with Gasteiger partial charge in [-0.25, -0.2) is 4.98 Å². The van der Waals surface area contributed by atoms with Crippen LogP contribution in [0.25, 0.3) is 11.3 Å². The number of likely N-dealkylation sites (tertiary alicyclic amines) is 1. The normalized spacial score (nSPS) is 18.5. The van der Waals surface area contributed by atoms with E-state index in [9.17, 15) is 4.79 Å². The number of nitrogens with one attached hydrogen (secondary N) is 1. The number of likely N-dealkylation sites (N-methyl/N-ethyl adjacent to an activating group) is 1. The number of nitrogens with zero attached hydrogens (tertiary/aromatic N) is 2. The maximum absolute atomic E-state index is 12.8. The number of oxazole rings is 1. The Hall–Kier alpha value is -1.85. The molecule has 0 aliphatic carbocycles. The highest BCUT2D eigenvalue weighted by molar-refractivity contribution is 6.33. The third-order valence-corrected chi connectivity index (χ3v) is 4.33. The van der Waals surface area contributed by atoms with Crippen LogP contribution in [0.2, 0.25) is 5.02 Å². The van der Waals surface area contributed by atoms with Crippen LogP contribution < -0.4 is 5.32 Å². The highest BCUT2D eigenvalue weighted by Gasteiger charge is 2.28. The Morgan fingerprint density at radius 3 is 3.05 bits per heavy atom. The van der Waals surface area contributed by atoms with Crippen LogP contribution in [-0.2, 0) is 0 Å². The zero-order valence-electron chi connectivity index (χ0n) is 12.4. The summed E-state index contributed by atoms with van der Waals surface area (Å²) in [6, 6.07) is 7.62. The monoisotopic (exact) mass is 319 g/mol. The number of carbonyl (C=O) groups is 1. The summed E-state index contributed by atoms with van der Waals surface area (Å²) in [6.45, 7) is 1.43. The van der Waals surface area contributed by atoms with E-state index in [0.29, 0.717) is 34.6 Å². The number of piperidine rings is 1. The van der Waals surface area contributed by atoms with Gasteiger partial charge in [-0.3, -0.25) is 4.79 Å². The predicted molar refractivity (Wildman–Crippen MR) is 84.9 cm³/mol. The van der Waals surface area contributed by atoms with Crippen LogP contribution in [0.4, 0.5) is 0 Å². The summed E-state index contributed by atoms with van der Waals surface area (Å²) < 4.78 is 5.44. The molecule has 116 valence electrons. The van der Waals surface area contributed by atoms with Crippen molar-refractivity contribution in [1.82, 2.24) is 15.2 Å². The molecule has 0 spiro atoms. The fourth-order valence-corrected chi connectivity index (χ4v) is 3.00. The molecule has 0 radical (unpaired) electrons. The highest BCUT2D eigenvalue weighted by atomic mass is 35.5. The van der Waals surface area contributed by atoms with Gasteiger partial charge < -0.3 is 14.6 Å². The fraction of sp³-hybridized carbons (Fsp3) is 0.375. The first kappa shape index (κ1) is 15.1. The zero-order chi connectivity index (χ0) is 15.5. The van der Waals surface area contributed by atoms with Gasteiger partial charge in [-0.1, -0.05) is 23.7 Å². The molecule has 0 bridgehead atoms. The van der Waals surface area contributed by atoms with E-state index in [0.717, 1.165) is 19.4 Å². The fourth-order valence-electron chi connectivity index (χ4n) is 2.78. The highest BCUT2D eigenvalue weighted by Crippen LogP contribution is 2.30. The lowest BCUT2D eigenvalue weighted by atomic mass is 10.0. The molecule has 1 saturated heterocycles. The van der Waals surface area contributed by atoms with Crippen molar-refractivity contribution in [2.75, 3.05) is 20.1 Å². The molecule has 0 saturated carbocycles. The summed E-state index contributed by atoms with van der Waals surface area (Å²) in [5.41, 5.74) is 1.01. The lowest BCUT2D eigenvalue weighted by molar-refractivity contribution is 0.0693. The van der Waals surface area contributed by atoms with E-state index < -0.39 is 0 Å². The quantitative estimate of drug-likeness (QED) is 0.945. The summed E-state index contributed by atoms with van der Waals surface area (Å²) in [5, 5.41) is 3.77. The van der Waals surface area contributed by atoms with Crippen molar-refractivity contribution >= 4 is 17.5 Å². The maximum atomic E-state index is 12.8. The summed E-state index contributed by atoms with van der Waals surface area (Å²) in [4.78, 5) is 18.7. The third kappa shape index (κ3) is 2.87. The molecule has 1 fully saturated rings. The molecule has 6 heteroatoms. The number of hydrogen-bond acceptors (Lipinski definition) is 4. The van der Waals surface area contributed by atoms with E-state index in [2.05, 4.69) is 10.3 Å². The van der Waals surface area contributed by atoms with Gasteiger partial charge >= 0.3 is 0 Å². The SMILES string of the molecule is CNC1CCCN(C(=O)c2ncoc2-c2ccccc2Cl)C1. The summed E-state index contributed by atoms with van der Waals surface area (Å²) in [7, 11) is 1.92. The summed E-state index contributed by atoms with van der Waals surface area (Å²) in [6.07, 6.45) is 3.36. The van der Waals surface area contributed by atoms with Crippen LogP contribution in [-0.4, -0.2) is 42.0 Å². The second kappa shape index (κ2) is 6.50. The second-order valence-electron chi connectivity index (χ2n) is 5.39. The predicted octanol–water partition coefficient (Wildman–Crippen LogP) is 2.82. The molecule has 1 atom stereocenters. The van der Waals surface area contributed by atoms with E-state index in [1.165, 1.54) is 6.39 Å². The largest absolute Gasteiger partial charge is 0.443 e. The standard InChI is InChI=1S/C16H18ClN3O2/c1-18-11-5-4-8-20(9-11)16(21)14-15(22-10-19-14)12-6-2-3-7-13(12)17/h2-3,6-7,10-11,18H,4-5,8-9H2,1H3. The van der Waals surface area contributed by atoms with Crippen LogP contribution in [0.1, 0.15) is 23.3 Å². The first-order valence-electron chi connectivity index (χ1n) is 7.35. The van der Waals surface area contributed by atoms with Crippen LogP contribution in [0.5, 0.6) is 0 Å². The van der Waals surface area contributed by atoms with Crippen LogP contribution >= 0.6 is 11.6 Å². The lowest BCUT2D eigenvalue weighted by Crippen LogP contribution is -2.47. The van der Waals surface area contributed by atoms with Gasteiger partial charge in [0.15, 0.2) is 17.8 Å². The number of amides is 1. The van der Waals surface area contributed by atoms with Gasteiger partial charge in [-0.2, -0.15) is 0 Å². The summed E-state index contributed by atoms with van der Waals surface area (Å²) >= 11 is 6.20. The lowest BCUT2D eigenvalue weighted by Gasteiger charge is -2.32. The molecular formula is C16H18ClN3O2. The molecular weight excluding hydrogens is 302 g/mol. The number of rotatable bonds is 3. The second-order valence-corrected chi connectivity index (χ2v) is 5.80. The Balaban J connectivity index is 1.89. The van der Waals surface area contributed by atoms with Crippen LogP contribution in [0, 0.1) is 0 Å². The Labute approximate surface area is 134 Å². The van der Waals surface area contributed by atoms with Gasteiger partial charge in [0.2, 0.25) is 0 Å². The van der Waals surface area contributed by atoms with Gasteiger partial charge in [0, 0.05) is 24.7 Å². The van der Waals surface area contributed by atoms with Crippen molar-refractivity contribution in [2.45, 2.75) is 18.9 Å². The Bertz CT molecular complexity index is 671. The average molecular weight is 320 g/mol. The number of carbonyl (C=O) groups excluding carboxylic acids is 1. The molecule has 1 aromatic heterocycles. The molecule has 5 nitrogen and oxygen atoms in total. The first-order valence-corrected chi connectivity index (χ1v) is 7.73. The molecule has 2 aromatic rings. The van der Waals surface area contributed by atoms with Crippen molar-refractivity contribution in [3.63, 3.8) is 0 Å². The first-order chi connectivity index (χ1) is 10.7. The minimum Gasteiger partial charge on any atom is -0.443 e. The molecule has 1 unspecified atom stereocenters. The Kier molecular flexibility index (Phi) is 4.45. The molecule has 1 aromatic carbocycles. The minimum atomic E-state index is -0.108. The van der Waals surface area contributed by atoms with Crippen molar-refractivity contribution < 1.29 is 9.21 Å². The third-order valence-electron chi connectivity index (χ3n) is 4.01. The smallest absolute Gasteiger partial charge is 0.276 e. The van der Waals surface area contributed by atoms with Crippen LogP contribution in [0.15, 0.2) is 35.1 Å². The number of halogens is 1. The van der Waals surface area contributed by atoms with Gasteiger partial charge in [-0.15, -0.1) is 0 Å². The zero-order valence-corrected chi connectivity index (χ0v) is 13.1. The number of hydrogen-bond donors (Lipinski definition) is 1. The minimum absolute atomic E-state index is 0.108. The van der Waals surface area contributed by atoms with E-state index in [-0.39, 0.29) is 5.91 Å². The van der Waals surface area contributed by atoms with E-state index in [1.807, 2.05) is 30.1 Å². The van der Waals surface area contributed by atoms with Gasteiger partial charge in [0.05, 0.1) is 5.02 Å².